The van der Waals surface area contributed by atoms with Crippen molar-refractivity contribution in [3.8, 4) is 0 Å². The van der Waals surface area contributed by atoms with Crippen LogP contribution in [0.1, 0.15) is 36.0 Å². The maximum absolute atomic E-state index is 14.0. The van der Waals surface area contributed by atoms with E-state index in [1.54, 1.807) is 12.1 Å². The van der Waals surface area contributed by atoms with Crippen molar-refractivity contribution in [1.82, 2.24) is 16.0 Å². The molecule has 0 radical (unpaired) electrons. The fourth-order valence-electron chi connectivity index (χ4n) is 3.10. The number of amides is 3. The molecule has 2 aromatic carbocycles. The average Bonchev–Trinajstić information content (AvgIpc) is 2.63. The van der Waals surface area contributed by atoms with Gasteiger partial charge in [0.05, 0.1) is 6.42 Å². The highest BCUT2D eigenvalue weighted by atomic mass is 19.1. The molecule has 0 bridgehead atoms. The van der Waals surface area contributed by atoms with Gasteiger partial charge >= 0.3 is 0 Å². The Bertz CT molecular complexity index is 947. The number of hydrogen-bond acceptors (Lipinski definition) is 3. The third-order valence-corrected chi connectivity index (χ3v) is 4.46. The summed E-state index contributed by atoms with van der Waals surface area (Å²) < 4.78 is 40.4. The van der Waals surface area contributed by atoms with Crippen molar-refractivity contribution in [3.63, 3.8) is 0 Å². The Kier molecular flexibility index (Phi) is 5.86. The van der Waals surface area contributed by atoms with E-state index in [1.807, 2.05) is 0 Å². The van der Waals surface area contributed by atoms with E-state index < -0.39 is 47.7 Å². The van der Waals surface area contributed by atoms with Crippen molar-refractivity contribution >= 4 is 17.7 Å². The predicted octanol–water partition coefficient (Wildman–Crippen LogP) is 1.97. The molecule has 6 nitrogen and oxygen atoms in total. The highest BCUT2D eigenvalue weighted by Crippen LogP contribution is 2.30. The molecule has 3 rings (SSSR count). The van der Waals surface area contributed by atoms with Gasteiger partial charge in [0.2, 0.25) is 17.7 Å². The van der Waals surface area contributed by atoms with Crippen LogP contribution in [0.2, 0.25) is 0 Å². The lowest BCUT2D eigenvalue weighted by Gasteiger charge is -2.29. The van der Waals surface area contributed by atoms with Crippen LogP contribution in [0.4, 0.5) is 13.2 Å². The molecule has 29 heavy (non-hydrogen) atoms. The second-order valence-corrected chi connectivity index (χ2v) is 6.69. The molecule has 3 atom stereocenters. The fourth-order valence-corrected chi connectivity index (χ4v) is 3.10. The Morgan fingerprint density at radius 3 is 2.38 bits per heavy atom. The van der Waals surface area contributed by atoms with Gasteiger partial charge in [-0.05, 0) is 30.2 Å². The molecule has 1 heterocycles. The molecule has 9 heteroatoms. The largest absolute Gasteiger partial charge is 0.344 e. The summed E-state index contributed by atoms with van der Waals surface area (Å²) in [5, 5.41) is 7.02. The van der Waals surface area contributed by atoms with E-state index in [0.717, 1.165) is 12.1 Å². The summed E-state index contributed by atoms with van der Waals surface area (Å²) in [4.78, 5) is 36.6. The Balaban J connectivity index is 1.64. The summed E-state index contributed by atoms with van der Waals surface area (Å²) in [6.07, 6.45) is -2.00. The molecule has 1 aliphatic heterocycles. The molecule has 0 spiro atoms. The van der Waals surface area contributed by atoms with Crippen LogP contribution in [0.25, 0.3) is 0 Å². The van der Waals surface area contributed by atoms with Crippen molar-refractivity contribution in [2.45, 2.75) is 31.7 Å². The van der Waals surface area contributed by atoms with E-state index >= 15 is 0 Å². The highest BCUT2D eigenvalue weighted by Gasteiger charge is 2.34. The third-order valence-electron chi connectivity index (χ3n) is 4.46. The summed E-state index contributed by atoms with van der Waals surface area (Å²) in [6.45, 7) is 1.39. The maximum Gasteiger partial charge on any atom is 0.249 e. The number of fused-ring (bicyclic) bond motifs is 1. The first-order valence-corrected chi connectivity index (χ1v) is 8.82. The fraction of sp³-hybridized carbons (Fsp3) is 0.250. The minimum absolute atomic E-state index is 0.113. The van der Waals surface area contributed by atoms with Crippen molar-refractivity contribution in [2.75, 3.05) is 0 Å². The van der Waals surface area contributed by atoms with Crippen LogP contribution in [0.5, 0.6) is 0 Å². The number of alkyl halides is 1. The van der Waals surface area contributed by atoms with E-state index in [4.69, 9.17) is 0 Å². The first-order chi connectivity index (χ1) is 13.7. The van der Waals surface area contributed by atoms with E-state index in [1.165, 1.54) is 19.1 Å². The maximum atomic E-state index is 14.0. The molecule has 152 valence electrons. The summed E-state index contributed by atoms with van der Waals surface area (Å²) in [5.41, 5.74) is 0.676. The smallest absolute Gasteiger partial charge is 0.249 e. The van der Waals surface area contributed by atoms with Crippen molar-refractivity contribution in [1.29, 1.82) is 0 Å². The van der Waals surface area contributed by atoms with Gasteiger partial charge in [0.1, 0.15) is 23.7 Å². The lowest BCUT2D eigenvalue weighted by atomic mass is 9.95. The topological polar surface area (TPSA) is 87.3 Å². The van der Waals surface area contributed by atoms with E-state index in [9.17, 15) is 27.6 Å². The van der Waals surface area contributed by atoms with E-state index in [2.05, 4.69) is 16.0 Å². The predicted molar refractivity (Wildman–Crippen MR) is 97.0 cm³/mol. The number of rotatable bonds is 5. The average molecular weight is 405 g/mol. The molecule has 1 aliphatic rings. The standard InChI is InChI=1S/C20H18F3N3O3/c1-10(24-16(27)8-11-6-12(21)9-13(22)7-11)19(28)25-17-14-4-2-3-5-15(14)18(23)26-20(17)29/h2-7,9-10,17-18H,8H2,1H3,(H,24,27)(H,25,28)(H,26,29)/t10-,17?,18?/m0/s1. The van der Waals surface area contributed by atoms with Gasteiger partial charge in [-0.2, -0.15) is 0 Å². The summed E-state index contributed by atoms with van der Waals surface area (Å²) in [5.74, 6) is -3.64. The summed E-state index contributed by atoms with van der Waals surface area (Å²) in [7, 11) is 0. The van der Waals surface area contributed by atoms with Gasteiger partial charge in [-0.15, -0.1) is 0 Å². The monoisotopic (exact) mass is 405 g/mol. The third kappa shape index (κ3) is 4.74. The summed E-state index contributed by atoms with van der Waals surface area (Å²) >= 11 is 0. The van der Waals surface area contributed by atoms with Crippen LogP contribution in [-0.4, -0.2) is 23.8 Å². The van der Waals surface area contributed by atoms with Crippen LogP contribution >= 0.6 is 0 Å². The number of carbonyl (C=O) groups is 3. The van der Waals surface area contributed by atoms with E-state index in [0.29, 0.717) is 11.6 Å². The van der Waals surface area contributed by atoms with Crippen LogP contribution in [0, 0.1) is 11.6 Å². The second-order valence-electron chi connectivity index (χ2n) is 6.69. The zero-order valence-corrected chi connectivity index (χ0v) is 15.3. The van der Waals surface area contributed by atoms with Crippen LogP contribution in [0.15, 0.2) is 42.5 Å². The lowest BCUT2D eigenvalue weighted by Crippen LogP contribution is -2.51. The van der Waals surface area contributed by atoms with Gasteiger partial charge in [-0.25, -0.2) is 13.2 Å². The van der Waals surface area contributed by atoms with Gasteiger partial charge in [0, 0.05) is 11.6 Å². The van der Waals surface area contributed by atoms with Crippen LogP contribution in [0.3, 0.4) is 0 Å². The molecular formula is C20H18F3N3O3. The number of nitrogens with one attached hydrogen (secondary N) is 3. The Labute approximate surface area is 164 Å². The lowest BCUT2D eigenvalue weighted by molar-refractivity contribution is -0.133. The zero-order chi connectivity index (χ0) is 21.1. The first kappa shape index (κ1) is 20.4. The van der Waals surface area contributed by atoms with Gasteiger partial charge in [0.15, 0.2) is 6.30 Å². The minimum Gasteiger partial charge on any atom is -0.344 e. The van der Waals surface area contributed by atoms with Gasteiger partial charge in [-0.1, -0.05) is 24.3 Å². The molecule has 3 amide bonds. The van der Waals surface area contributed by atoms with Crippen molar-refractivity contribution in [3.05, 3.63) is 70.8 Å². The molecule has 2 aromatic rings. The quantitative estimate of drug-likeness (QED) is 0.665. The zero-order valence-electron chi connectivity index (χ0n) is 15.3. The molecule has 0 aliphatic carbocycles. The SMILES string of the molecule is C[C@H](NC(=O)Cc1cc(F)cc(F)c1)C(=O)NC1C(=O)NC(F)c2ccccc21. The molecule has 0 saturated heterocycles. The Morgan fingerprint density at radius 1 is 1.10 bits per heavy atom. The molecule has 2 unspecified atom stereocenters. The molecular weight excluding hydrogens is 387 g/mol. The van der Waals surface area contributed by atoms with Crippen molar-refractivity contribution < 1.29 is 27.6 Å². The van der Waals surface area contributed by atoms with Crippen LogP contribution in [-0.2, 0) is 20.8 Å². The molecule has 3 N–H and O–H groups in total. The first-order valence-electron chi connectivity index (χ1n) is 8.82. The Morgan fingerprint density at radius 2 is 1.72 bits per heavy atom. The Hall–Kier alpha value is -3.36. The van der Waals surface area contributed by atoms with Crippen LogP contribution < -0.4 is 16.0 Å². The highest BCUT2D eigenvalue weighted by molar-refractivity contribution is 5.93. The van der Waals surface area contributed by atoms with Gasteiger partial charge < -0.3 is 16.0 Å². The summed E-state index contributed by atoms with van der Waals surface area (Å²) in [6, 6.07) is 6.84. The minimum atomic E-state index is -1.67. The van der Waals surface area contributed by atoms with E-state index in [-0.39, 0.29) is 17.5 Å². The number of halogens is 3. The number of carbonyl (C=O) groups excluding carboxylic acids is 3. The van der Waals surface area contributed by atoms with Gasteiger partial charge in [0.25, 0.3) is 0 Å². The molecule has 0 aromatic heterocycles. The molecule has 0 saturated carbocycles. The van der Waals surface area contributed by atoms with Crippen molar-refractivity contribution in [2.24, 2.45) is 0 Å². The molecule has 0 fully saturated rings. The number of benzene rings is 2. The number of hydrogen-bond donors (Lipinski definition) is 3. The second kappa shape index (κ2) is 8.34. The van der Waals surface area contributed by atoms with Gasteiger partial charge in [-0.3, -0.25) is 14.4 Å². The normalized spacial score (nSPS) is 19.0.